The monoisotopic (exact) mass is 284 g/mol. The van der Waals surface area contributed by atoms with Gasteiger partial charge in [-0.2, -0.15) is 0 Å². The maximum absolute atomic E-state index is 6.34. The van der Waals surface area contributed by atoms with Crippen LogP contribution in [0.3, 0.4) is 0 Å². The fourth-order valence-electron chi connectivity index (χ4n) is 3.00. The smallest absolute Gasteiger partial charge is 0.161 e. The minimum Gasteiger partial charge on any atom is -0.233 e. The van der Waals surface area contributed by atoms with Crippen LogP contribution in [-0.4, -0.2) is 9.97 Å². The zero-order valence-corrected chi connectivity index (χ0v) is 12.2. The molecule has 0 atom stereocenters. The van der Waals surface area contributed by atoms with Crippen molar-refractivity contribution in [2.75, 3.05) is 0 Å². The molecule has 0 amide bonds. The summed E-state index contributed by atoms with van der Waals surface area (Å²) < 4.78 is 0. The lowest BCUT2D eigenvalue weighted by Gasteiger charge is -2.16. The summed E-state index contributed by atoms with van der Waals surface area (Å²) in [7, 11) is 0. The molecule has 2 aliphatic carbocycles. The van der Waals surface area contributed by atoms with E-state index in [1.807, 2.05) is 0 Å². The largest absolute Gasteiger partial charge is 0.233 e. The van der Waals surface area contributed by atoms with Gasteiger partial charge in [-0.05, 0) is 50.0 Å². The first-order valence-corrected chi connectivity index (χ1v) is 7.85. The highest BCUT2D eigenvalue weighted by atomic mass is 35.5. The summed E-state index contributed by atoms with van der Waals surface area (Å²) >= 11 is 6.34. The lowest BCUT2D eigenvalue weighted by molar-refractivity contribution is 0.663. The van der Waals surface area contributed by atoms with E-state index in [9.17, 15) is 0 Å². The van der Waals surface area contributed by atoms with Crippen LogP contribution in [0.4, 0.5) is 0 Å². The molecule has 0 unspecified atom stereocenters. The van der Waals surface area contributed by atoms with E-state index in [1.54, 1.807) is 0 Å². The number of benzene rings is 1. The number of rotatable bonds is 2. The molecule has 1 aromatic carbocycles. The first-order chi connectivity index (χ1) is 9.81. The Hall–Kier alpha value is -1.41. The Morgan fingerprint density at radius 2 is 1.70 bits per heavy atom. The number of hydrogen-bond acceptors (Lipinski definition) is 2. The molecule has 2 aromatic rings. The van der Waals surface area contributed by atoms with Gasteiger partial charge in [0.2, 0.25) is 0 Å². The van der Waals surface area contributed by atoms with Crippen LogP contribution in [0.5, 0.6) is 0 Å². The molecule has 3 heteroatoms. The van der Waals surface area contributed by atoms with Crippen molar-refractivity contribution >= 4 is 11.6 Å². The van der Waals surface area contributed by atoms with E-state index in [1.165, 1.54) is 31.2 Å². The number of aryl methyl sites for hydroxylation is 1. The van der Waals surface area contributed by atoms with Crippen LogP contribution in [0.25, 0.3) is 11.4 Å². The van der Waals surface area contributed by atoms with Crippen molar-refractivity contribution in [1.29, 1.82) is 0 Å². The van der Waals surface area contributed by atoms with Crippen LogP contribution in [0.15, 0.2) is 24.3 Å². The number of fused-ring (bicyclic) bond motifs is 1. The highest BCUT2D eigenvalue weighted by molar-refractivity contribution is 6.30. The van der Waals surface area contributed by atoms with E-state index in [-0.39, 0.29) is 0 Å². The summed E-state index contributed by atoms with van der Waals surface area (Å²) in [6.07, 6.45) is 7.13. The summed E-state index contributed by atoms with van der Waals surface area (Å²) in [6, 6.07) is 8.69. The third-order valence-corrected chi connectivity index (χ3v) is 4.66. The van der Waals surface area contributed by atoms with Crippen LogP contribution >= 0.6 is 11.6 Å². The van der Waals surface area contributed by atoms with Gasteiger partial charge in [-0.3, -0.25) is 0 Å². The Labute approximate surface area is 124 Å². The number of nitrogens with zero attached hydrogens (tertiary/aromatic N) is 2. The average Bonchev–Trinajstić information content (AvgIpc) is 3.32. The van der Waals surface area contributed by atoms with Crippen molar-refractivity contribution in [2.24, 2.45) is 0 Å². The predicted octanol–water partition coefficient (Wildman–Crippen LogP) is 4.55. The molecule has 0 spiro atoms. The van der Waals surface area contributed by atoms with Crippen molar-refractivity contribution in [3.8, 4) is 11.4 Å². The van der Waals surface area contributed by atoms with Crippen LogP contribution in [0.2, 0.25) is 5.15 Å². The zero-order chi connectivity index (χ0) is 13.5. The fraction of sp³-hybridized carbons (Fsp3) is 0.412. The van der Waals surface area contributed by atoms with Gasteiger partial charge >= 0.3 is 0 Å². The van der Waals surface area contributed by atoms with E-state index in [4.69, 9.17) is 16.6 Å². The highest BCUT2D eigenvalue weighted by Crippen LogP contribution is 2.40. The number of halogens is 1. The van der Waals surface area contributed by atoms with E-state index in [0.717, 1.165) is 41.4 Å². The first kappa shape index (κ1) is 12.3. The van der Waals surface area contributed by atoms with E-state index < -0.39 is 0 Å². The molecule has 20 heavy (non-hydrogen) atoms. The molecule has 0 bridgehead atoms. The molecule has 0 radical (unpaired) electrons. The van der Waals surface area contributed by atoms with Gasteiger partial charge in [-0.25, -0.2) is 9.97 Å². The van der Waals surface area contributed by atoms with Crippen LogP contribution in [-0.2, 0) is 12.8 Å². The minimum absolute atomic E-state index is 0.649. The lowest BCUT2D eigenvalue weighted by Crippen LogP contribution is -2.08. The number of aromatic nitrogens is 2. The summed E-state index contributed by atoms with van der Waals surface area (Å²) in [5.74, 6) is 1.56. The standard InChI is InChI=1S/C17H17ClN2/c18-16-14-3-1-2-4-15(14)19-17(20-16)13-9-7-12(8-10-13)11-5-6-11/h7-11H,1-6H2. The Balaban J connectivity index is 1.72. The molecule has 1 heterocycles. The van der Waals surface area contributed by atoms with Crippen molar-refractivity contribution in [1.82, 2.24) is 9.97 Å². The van der Waals surface area contributed by atoms with Crippen molar-refractivity contribution in [3.05, 3.63) is 46.2 Å². The normalized spacial score (nSPS) is 17.9. The van der Waals surface area contributed by atoms with Crippen LogP contribution < -0.4 is 0 Å². The predicted molar refractivity (Wildman–Crippen MR) is 81.1 cm³/mol. The van der Waals surface area contributed by atoms with E-state index >= 15 is 0 Å². The highest BCUT2D eigenvalue weighted by Gasteiger charge is 2.23. The second-order valence-electron chi connectivity index (χ2n) is 5.87. The van der Waals surface area contributed by atoms with Crippen LogP contribution in [0, 0.1) is 0 Å². The Morgan fingerprint density at radius 1 is 0.950 bits per heavy atom. The van der Waals surface area contributed by atoms with E-state index in [0.29, 0.717) is 5.15 Å². The summed E-state index contributed by atoms with van der Waals surface area (Å²) in [4.78, 5) is 9.24. The maximum atomic E-state index is 6.34. The van der Waals surface area contributed by atoms with Gasteiger partial charge in [0.15, 0.2) is 5.82 Å². The summed E-state index contributed by atoms with van der Waals surface area (Å²) in [5.41, 5.74) is 4.83. The Bertz CT molecular complexity index is 645. The second-order valence-corrected chi connectivity index (χ2v) is 6.22. The van der Waals surface area contributed by atoms with Gasteiger partial charge in [-0.15, -0.1) is 0 Å². The fourth-order valence-corrected chi connectivity index (χ4v) is 3.28. The molecule has 1 aromatic heterocycles. The van der Waals surface area contributed by atoms with E-state index in [2.05, 4.69) is 29.2 Å². The third-order valence-electron chi connectivity index (χ3n) is 4.35. The number of hydrogen-bond donors (Lipinski definition) is 0. The SMILES string of the molecule is Clc1nc(-c2ccc(C3CC3)cc2)nc2c1CCCC2. The molecule has 102 valence electrons. The Kier molecular flexibility index (Phi) is 2.99. The molecular weight excluding hydrogens is 268 g/mol. The van der Waals surface area contributed by atoms with Crippen LogP contribution in [0.1, 0.15) is 48.4 Å². The molecule has 1 fully saturated rings. The maximum Gasteiger partial charge on any atom is 0.161 e. The zero-order valence-electron chi connectivity index (χ0n) is 11.4. The molecule has 0 saturated heterocycles. The summed E-state index contributed by atoms with van der Waals surface area (Å²) in [6.45, 7) is 0. The molecule has 4 rings (SSSR count). The van der Waals surface area contributed by atoms with Gasteiger partial charge in [0.05, 0.1) is 0 Å². The van der Waals surface area contributed by atoms with Gasteiger partial charge in [0.1, 0.15) is 5.15 Å². The molecule has 0 N–H and O–H groups in total. The third kappa shape index (κ3) is 2.22. The molecule has 0 aliphatic heterocycles. The quantitative estimate of drug-likeness (QED) is 0.756. The van der Waals surface area contributed by atoms with Gasteiger partial charge < -0.3 is 0 Å². The average molecular weight is 285 g/mol. The van der Waals surface area contributed by atoms with Gasteiger partial charge in [-0.1, -0.05) is 35.9 Å². The minimum atomic E-state index is 0.649. The van der Waals surface area contributed by atoms with Gasteiger partial charge in [0, 0.05) is 16.8 Å². The molecule has 2 aliphatic rings. The van der Waals surface area contributed by atoms with Gasteiger partial charge in [0.25, 0.3) is 0 Å². The molecule has 2 nitrogen and oxygen atoms in total. The van der Waals surface area contributed by atoms with Crippen molar-refractivity contribution < 1.29 is 0 Å². The first-order valence-electron chi connectivity index (χ1n) is 7.47. The lowest BCUT2D eigenvalue weighted by atomic mass is 9.97. The van der Waals surface area contributed by atoms with Crippen molar-refractivity contribution in [2.45, 2.75) is 44.4 Å². The summed E-state index contributed by atoms with van der Waals surface area (Å²) in [5, 5.41) is 0.649. The second kappa shape index (κ2) is 4.85. The topological polar surface area (TPSA) is 25.8 Å². The van der Waals surface area contributed by atoms with Crippen molar-refractivity contribution in [3.63, 3.8) is 0 Å². The molecular formula is C17H17ClN2. The molecule has 1 saturated carbocycles. The Morgan fingerprint density at radius 3 is 2.45 bits per heavy atom.